The van der Waals surface area contributed by atoms with Crippen molar-refractivity contribution in [2.75, 3.05) is 0 Å². The summed E-state index contributed by atoms with van der Waals surface area (Å²) in [5, 5.41) is 4.56. The van der Waals surface area contributed by atoms with Crippen molar-refractivity contribution in [1.82, 2.24) is 9.97 Å². The molecule has 1 aliphatic rings. The largest absolute Gasteiger partial charge is 0.252 e. The van der Waals surface area contributed by atoms with Gasteiger partial charge in [0.1, 0.15) is 0 Å². The van der Waals surface area contributed by atoms with Crippen LogP contribution in [0.3, 0.4) is 0 Å². The number of fused-ring (bicyclic) bond motifs is 9. The molecule has 2 nitrogen and oxygen atoms in total. The Balaban J connectivity index is 1.03. The molecule has 57 heavy (non-hydrogen) atoms. The Kier molecular flexibility index (Phi) is 7.55. The fourth-order valence-electron chi connectivity index (χ4n) is 9.10. The van der Waals surface area contributed by atoms with Crippen LogP contribution in [-0.4, -0.2) is 9.97 Å². The van der Waals surface area contributed by atoms with E-state index in [2.05, 4.69) is 202 Å². The number of aromatic nitrogens is 2. The second-order valence-corrected chi connectivity index (χ2v) is 15.8. The maximum atomic E-state index is 5.46. The highest BCUT2D eigenvalue weighted by Gasteiger charge is 2.35. The molecular weight excluding hydrogens is 689 g/mol. The molecule has 2 heteroatoms. The lowest BCUT2D eigenvalue weighted by Gasteiger charge is -2.22. The van der Waals surface area contributed by atoms with Crippen molar-refractivity contribution in [3.63, 3.8) is 0 Å². The summed E-state index contributed by atoms with van der Waals surface area (Å²) in [6.45, 7) is 4.68. The van der Waals surface area contributed by atoms with E-state index in [0.29, 0.717) is 0 Å². The smallest absolute Gasteiger partial charge is 0.0979 e. The first-order chi connectivity index (χ1) is 28.0. The molecule has 0 N–H and O–H groups in total. The van der Waals surface area contributed by atoms with Crippen LogP contribution in [0.25, 0.3) is 99.5 Å². The highest BCUT2D eigenvalue weighted by Crippen LogP contribution is 2.49. The Morgan fingerprint density at radius 3 is 1.46 bits per heavy atom. The molecule has 0 saturated carbocycles. The molecule has 1 aliphatic carbocycles. The lowest BCUT2D eigenvalue weighted by Crippen LogP contribution is -2.14. The van der Waals surface area contributed by atoms with Crippen LogP contribution in [0.5, 0.6) is 0 Å². The van der Waals surface area contributed by atoms with Gasteiger partial charge in [-0.15, -0.1) is 0 Å². The van der Waals surface area contributed by atoms with Crippen LogP contribution < -0.4 is 0 Å². The van der Waals surface area contributed by atoms with Crippen LogP contribution >= 0.6 is 0 Å². The highest BCUT2D eigenvalue weighted by atomic mass is 14.8. The molecule has 0 saturated heterocycles. The molecule has 0 bridgehead atoms. The van der Waals surface area contributed by atoms with Crippen molar-refractivity contribution < 1.29 is 0 Å². The first kappa shape index (κ1) is 33.2. The van der Waals surface area contributed by atoms with Gasteiger partial charge in [0, 0.05) is 21.8 Å². The minimum atomic E-state index is -0.0420. The maximum absolute atomic E-state index is 5.46. The third-order valence-corrected chi connectivity index (χ3v) is 12.1. The van der Waals surface area contributed by atoms with E-state index < -0.39 is 0 Å². The molecule has 1 heterocycles. The topological polar surface area (TPSA) is 25.8 Å². The van der Waals surface area contributed by atoms with E-state index in [1.807, 2.05) is 6.20 Å². The molecule has 9 aromatic carbocycles. The van der Waals surface area contributed by atoms with E-state index in [1.165, 1.54) is 66.4 Å². The molecule has 0 unspecified atom stereocenters. The lowest BCUT2D eigenvalue weighted by atomic mass is 9.81. The van der Waals surface area contributed by atoms with E-state index in [9.17, 15) is 0 Å². The van der Waals surface area contributed by atoms with Gasteiger partial charge in [-0.1, -0.05) is 172 Å². The summed E-state index contributed by atoms with van der Waals surface area (Å²) in [7, 11) is 0. The minimum absolute atomic E-state index is 0.0420. The second-order valence-electron chi connectivity index (χ2n) is 15.8. The van der Waals surface area contributed by atoms with Crippen molar-refractivity contribution in [1.29, 1.82) is 0 Å². The Hall–Kier alpha value is -7.16. The molecule has 0 fully saturated rings. The number of benzene rings is 9. The molecule has 0 spiro atoms. The van der Waals surface area contributed by atoms with Gasteiger partial charge in [0.05, 0.1) is 22.9 Å². The van der Waals surface area contributed by atoms with Crippen molar-refractivity contribution in [3.8, 4) is 66.9 Å². The van der Waals surface area contributed by atoms with Crippen LogP contribution in [-0.2, 0) is 5.41 Å². The first-order valence-electron chi connectivity index (χ1n) is 19.7. The molecule has 10 aromatic rings. The van der Waals surface area contributed by atoms with Gasteiger partial charge in [0.2, 0.25) is 0 Å². The van der Waals surface area contributed by atoms with Gasteiger partial charge in [-0.3, -0.25) is 4.98 Å². The number of rotatable bonds is 5. The first-order valence-corrected chi connectivity index (χ1v) is 19.7. The average Bonchev–Trinajstić information content (AvgIpc) is 3.51. The Morgan fingerprint density at radius 2 is 0.807 bits per heavy atom. The van der Waals surface area contributed by atoms with Crippen molar-refractivity contribution in [3.05, 3.63) is 205 Å². The fourth-order valence-corrected chi connectivity index (χ4v) is 9.10. The van der Waals surface area contributed by atoms with Gasteiger partial charge in [0.25, 0.3) is 0 Å². The number of hydrogen-bond donors (Lipinski definition) is 0. The summed E-state index contributed by atoms with van der Waals surface area (Å²) in [5.41, 5.74) is 18.6. The molecular formula is C55H38N2. The molecule has 0 aliphatic heterocycles. The zero-order chi connectivity index (χ0) is 38.1. The Bertz CT molecular complexity index is 3200. The SMILES string of the molecule is CC1(C)c2ccccc2-c2ccc(-c3cccc(-c4cccc(-c5cnc6c7cc(-c8ccccc8)ccc7c7ccc(-c8ccccc8)cc7c6n5)c4)c3)cc21. The standard InChI is InChI=1S/C55H38N2/c1-55(2)50-22-10-9-21-46(50)47-28-25-42(33-51(47)55)38-18-11-17-37(29-38)39-19-12-20-43(30-39)52-34-56-53-48-31-40(35-13-5-3-6-14-35)23-26-44(48)45-27-24-41(32-49(45)54(53)57-52)36-15-7-4-8-16-36/h3-34H,1-2H3. The predicted molar refractivity (Wildman–Crippen MR) is 239 cm³/mol. The number of hydrogen-bond acceptors (Lipinski definition) is 2. The predicted octanol–water partition coefficient (Wildman–Crippen LogP) is 14.6. The van der Waals surface area contributed by atoms with Crippen LogP contribution in [0.4, 0.5) is 0 Å². The van der Waals surface area contributed by atoms with Gasteiger partial charge < -0.3 is 0 Å². The van der Waals surface area contributed by atoms with Gasteiger partial charge in [-0.05, 0) is 108 Å². The minimum Gasteiger partial charge on any atom is -0.252 e. The van der Waals surface area contributed by atoms with Crippen molar-refractivity contribution in [2.24, 2.45) is 0 Å². The number of nitrogens with zero attached hydrogens (tertiary/aromatic N) is 2. The maximum Gasteiger partial charge on any atom is 0.0979 e. The van der Waals surface area contributed by atoms with Crippen molar-refractivity contribution >= 4 is 32.6 Å². The summed E-state index contributed by atoms with van der Waals surface area (Å²) < 4.78 is 0. The second kappa shape index (κ2) is 13.0. The van der Waals surface area contributed by atoms with Crippen LogP contribution in [0.1, 0.15) is 25.0 Å². The summed E-state index contributed by atoms with van der Waals surface area (Å²) in [4.78, 5) is 10.7. The van der Waals surface area contributed by atoms with Crippen LogP contribution in [0.15, 0.2) is 194 Å². The van der Waals surface area contributed by atoms with E-state index >= 15 is 0 Å². The van der Waals surface area contributed by atoms with Gasteiger partial charge >= 0.3 is 0 Å². The monoisotopic (exact) mass is 726 g/mol. The van der Waals surface area contributed by atoms with Gasteiger partial charge in [0.15, 0.2) is 0 Å². The van der Waals surface area contributed by atoms with Gasteiger partial charge in [-0.25, -0.2) is 4.98 Å². The average molecular weight is 727 g/mol. The fraction of sp³-hybridized carbons (Fsp3) is 0.0545. The molecule has 0 atom stereocenters. The van der Waals surface area contributed by atoms with E-state index in [-0.39, 0.29) is 5.41 Å². The Morgan fingerprint density at radius 1 is 0.333 bits per heavy atom. The van der Waals surface area contributed by atoms with E-state index in [1.54, 1.807) is 0 Å². The highest BCUT2D eigenvalue weighted by molar-refractivity contribution is 6.24. The lowest BCUT2D eigenvalue weighted by molar-refractivity contribution is 0.660. The summed E-state index contributed by atoms with van der Waals surface area (Å²) in [6, 6.07) is 68.1. The Labute approximate surface area is 332 Å². The van der Waals surface area contributed by atoms with E-state index in [0.717, 1.165) is 44.2 Å². The normalized spacial score (nSPS) is 12.9. The molecule has 268 valence electrons. The molecule has 1 aromatic heterocycles. The zero-order valence-corrected chi connectivity index (χ0v) is 31.9. The molecule has 11 rings (SSSR count). The summed E-state index contributed by atoms with van der Waals surface area (Å²) >= 11 is 0. The third kappa shape index (κ3) is 5.48. The quantitative estimate of drug-likeness (QED) is 0.165. The van der Waals surface area contributed by atoms with E-state index in [4.69, 9.17) is 9.97 Å². The summed E-state index contributed by atoms with van der Waals surface area (Å²) in [5.74, 6) is 0. The molecule has 0 amide bonds. The summed E-state index contributed by atoms with van der Waals surface area (Å²) in [6.07, 6.45) is 1.95. The zero-order valence-electron chi connectivity index (χ0n) is 31.9. The van der Waals surface area contributed by atoms with Gasteiger partial charge in [-0.2, -0.15) is 0 Å². The van der Waals surface area contributed by atoms with Crippen LogP contribution in [0, 0.1) is 0 Å². The third-order valence-electron chi connectivity index (χ3n) is 12.1. The molecule has 0 radical (unpaired) electrons. The van der Waals surface area contributed by atoms with Crippen LogP contribution in [0.2, 0.25) is 0 Å². The van der Waals surface area contributed by atoms with Crippen molar-refractivity contribution in [2.45, 2.75) is 19.3 Å².